The number of methoxy groups -OCH3 is 1. The van der Waals surface area contributed by atoms with Crippen molar-refractivity contribution in [1.29, 1.82) is 0 Å². The highest BCUT2D eigenvalue weighted by Gasteiger charge is 2.06. The number of anilines is 1. The first-order chi connectivity index (χ1) is 15.7. The van der Waals surface area contributed by atoms with Crippen LogP contribution in [0.3, 0.4) is 0 Å². The van der Waals surface area contributed by atoms with Crippen LogP contribution in [0.1, 0.15) is 27.0 Å². The summed E-state index contributed by atoms with van der Waals surface area (Å²) < 4.78 is 5.45. The molecule has 0 bridgehead atoms. The summed E-state index contributed by atoms with van der Waals surface area (Å²) in [5.41, 5.74) is 5.56. The van der Waals surface area contributed by atoms with Gasteiger partial charge in [0.2, 0.25) is 5.90 Å². The zero-order valence-corrected chi connectivity index (χ0v) is 17.9. The van der Waals surface area contributed by atoms with E-state index in [2.05, 4.69) is 22.4 Å². The van der Waals surface area contributed by atoms with Crippen molar-refractivity contribution in [1.82, 2.24) is 0 Å². The van der Waals surface area contributed by atoms with Crippen LogP contribution in [-0.2, 0) is 11.2 Å². The van der Waals surface area contributed by atoms with Gasteiger partial charge in [0.25, 0.3) is 5.91 Å². The highest BCUT2D eigenvalue weighted by Crippen LogP contribution is 2.19. The molecule has 4 heteroatoms. The van der Waals surface area contributed by atoms with Gasteiger partial charge in [0.15, 0.2) is 0 Å². The summed E-state index contributed by atoms with van der Waals surface area (Å²) in [5.74, 6) is 0.479. The maximum absolute atomic E-state index is 12.3. The van der Waals surface area contributed by atoms with E-state index in [-0.39, 0.29) is 5.91 Å². The van der Waals surface area contributed by atoms with Crippen molar-refractivity contribution in [2.45, 2.75) is 6.42 Å². The summed E-state index contributed by atoms with van der Waals surface area (Å²) in [5, 5.41) is 2.93. The number of aliphatic imine (C=N–C) groups is 1. The first-order valence-corrected chi connectivity index (χ1v) is 10.4. The van der Waals surface area contributed by atoms with Crippen molar-refractivity contribution in [2.24, 2.45) is 4.99 Å². The number of nitrogens with one attached hydrogen (secondary N) is 1. The fourth-order valence-electron chi connectivity index (χ4n) is 3.35. The lowest BCUT2D eigenvalue weighted by molar-refractivity contribution is 0.102. The molecule has 32 heavy (non-hydrogen) atoms. The van der Waals surface area contributed by atoms with Crippen molar-refractivity contribution < 1.29 is 9.53 Å². The van der Waals surface area contributed by atoms with Gasteiger partial charge >= 0.3 is 0 Å². The molecule has 0 aliphatic heterocycles. The molecule has 4 aromatic carbocycles. The minimum absolute atomic E-state index is 0.111. The highest BCUT2D eigenvalue weighted by molar-refractivity contribution is 6.04. The molecule has 0 fully saturated rings. The maximum atomic E-state index is 12.3. The molecule has 0 spiro atoms. The molecule has 0 unspecified atom stereocenters. The lowest BCUT2D eigenvalue weighted by Crippen LogP contribution is -2.11. The average Bonchev–Trinajstić information content (AvgIpc) is 2.86. The summed E-state index contributed by atoms with van der Waals surface area (Å²) in [6.07, 6.45) is 0.798. The Morgan fingerprint density at radius 2 is 1.25 bits per heavy atom. The van der Waals surface area contributed by atoms with E-state index in [0.717, 1.165) is 23.4 Å². The van der Waals surface area contributed by atoms with Gasteiger partial charge in [-0.1, -0.05) is 60.7 Å². The van der Waals surface area contributed by atoms with Crippen LogP contribution in [0.15, 0.2) is 114 Å². The smallest absolute Gasteiger partial charge is 0.255 e. The van der Waals surface area contributed by atoms with Gasteiger partial charge in [-0.25, -0.2) is 4.99 Å². The summed E-state index contributed by atoms with van der Waals surface area (Å²) in [4.78, 5) is 16.9. The van der Waals surface area contributed by atoms with Gasteiger partial charge in [-0.05, 0) is 66.1 Å². The van der Waals surface area contributed by atoms with Crippen LogP contribution in [0.2, 0.25) is 0 Å². The van der Waals surface area contributed by atoms with Crippen LogP contribution in [0.4, 0.5) is 11.4 Å². The lowest BCUT2D eigenvalue weighted by atomic mass is 10.0. The Labute approximate surface area is 188 Å². The minimum Gasteiger partial charge on any atom is -0.481 e. The number of amides is 1. The molecule has 0 aromatic heterocycles. The van der Waals surface area contributed by atoms with E-state index in [1.165, 1.54) is 11.1 Å². The first kappa shape index (κ1) is 21.1. The van der Waals surface area contributed by atoms with E-state index in [1.807, 2.05) is 84.9 Å². The monoisotopic (exact) mass is 420 g/mol. The molecule has 0 saturated heterocycles. The molecular formula is C28H24N2O2. The number of hydrogen-bond donors (Lipinski definition) is 1. The molecule has 4 nitrogen and oxygen atoms in total. The number of nitrogens with zero attached hydrogens (tertiary/aromatic N) is 1. The number of rotatable bonds is 6. The third-order valence-electron chi connectivity index (χ3n) is 5.04. The summed E-state index contributed by atoms with van der Waals surface area (Å²) in [7, 11) is 1.63. The Bertz CT molecular complexity index is 1180. The van der Waals surface area contributed by atoms with E-state index in [0.29, 0.717) is 11.5 Å². The van der Waals surface area contributed by atoms with Gasteiger partial charge < -0.3 is 10.1 Å². The van der Waals surface area contributed by atoms with E-state index < -0.39 is 0 Å². The maximum Gasteiger partial charge on any atom is 0.255 e. The molecule has 0 heterocycles. The topological polar surface area (TPSA) is 50.7 Å². The molecule has 1 N–H and O–H groups in total. The normalized spacial score (nSPS) is 11.1. The SMILES string of the molecule is COC(=Nc1ccc(Cc2ccc(NC(=O)c3ccccc3)cc2)cc1)c1ccccc1. The van der Waals surface area contributed by atoms with Crippen LogP contribution < -0.4 is 5.32 Å². The molecule has 1 amide bonds. The third-order valence-corrected chi connectivity index (χ3v) is 5.04. The standard InChI is InChI=1S/C28H24N2O2/c1-32-28(24-10-6-3-7-11-24)30-26-18-14-22(15-19-26)20-21-12-16-25(17-13-21)29-27(31)23-8-4-2-5-9-23/h2-19H,20H2,1H3,(H,29,31). The molecule has 158 valence electrons. The Morgan fingerprint density at radius 3 is 1.81 bits per heavy atom. The minimum atomic E-state index is -0.111. The van der Waals surface area contributed by atoms with Gasteiger partial charge in [0, 0.05) is 16.8 Å². The van der Waals surface area contributed by atoms with Gasteiger partial charge in [-0.3, -0.25) is 4.79 Å². The van der Waals surface area contributed by atoms with E-state index in [1.54, 1.807) is 19.2 Å². The number of carbonyl (C=O) groups excluding carboxylic acids is 1. The van der Waals surface area contributed by atoms with E-state index >= 15 is 0 Å². The zero-order chi connectivity index (χ0) is 22.2. The quantitative estimate of drug-likeness (QED) is 0.296. The van der Waals surface area contributed by atoms with Crippen molar-refractivity contribution in [3.05, 3.63) is 131 Å². The predicted octanol–water partition coefficient (Wildman–Crippen LogP) is 6.25. The van der Waals surface area contributed by atoms with Gasteiger partial charge in [-0.15, -0.1) is 0 Å². The predicted molar refractivity (Wildman–Crippen MR) is 130 cm³/mol. The molecule has 0 radical (unpaired) electrons. The molecular weight excluding hydrogens is 396 g/mol. The number of hydrogen-bond acceptors (Lipinski definition) is 3. The van der Waals surface area contributed by atoms with Crippen LogP contribution in [0.5, 0.6) is 0 Å². The number of benzene rings is 4. The fraction of sp³-hybridized carbons (Fsp3) is 0.0714. The number of carbonyl (C=O) groups is 1. The van der Waals surface area contributed by atoms with Gasteiger partial charge in [0.05, 0.1) is 12.8 Å². The summed E-state index contributed by atoms with van der Waals surface area (Å²) in [6, 6.07) is 35.1. The van der Waals surface area contributed by atoms with Crippen molar-refractivity contribution in [3.63, 3.8) is 0 Å². The number of ether oxygens (including phenoxy) is 1. The van der Waals surface area contributed by atoms with Crippen molar-refractivity contribution in [2.75, 3.05) is 12.4 Å². The molecule has 0 atom stereocenters. The Morgan fingerprint density at radius 1 is 0.719 bits per heavy atom. The second-order valence-corrected chi connectivity index (χ2v) is 7.35. The first-order valence-electron chi connectivity index (χ1n) is 10.4. The van der Waals surface area contributed by atoms with Crippen molar-refractivity contribution >= 4 is 23.2 Å². The second kappa shape index (κ2) is 10.2. The Hall–Kier alpha value is -4.18. The molecule has 0 aliphatic carbocycles. The molecule has 0 aliphatic rings. The largest absolute Gasteiger partial charge is 0.481 e. The summed E-state index contributed by atoms with van der Waals surface area (Å²) in [6.45, 7) is 0. The average molecular weight is 421 g/mol. The zero-order valence-electron chi connectivity index (χ0n) is 17.9. The van der Waals surface area contributed by atoms with Crippen LogP contribution >= 0.6 is 0 Å². The lowest BCUT2D eigenvalue weighted by Gasteiger charge is -2.08. The Kier molecular flexibility index (Phi) is 6.73. The van der Waals surface area contributed by atoms with Gasteiger partial charge in [0.1, 0.15) is 0 Å². The van der Waals surface area contributed by atoms with Crippen LogP contribution in [0, 0.1) is 0 Å². The molecule has 4 aromatic rings. The summed E-state index contributed by atoms with van der Waals surface area (Å²) >= 11 is 0. The van der Waals surface area contributed by atoms with Crippen LogP contribution in [0.25, 0.3) is 0 Å². The van der Waals surface area contributed by atoms with E-state index in [9.17, 15) is 4.79 Å². The second-order valence-electron chi connectivity index (χ2n) is 7.35. The third kappa shape index (κ3) is 5.49. The van der Waals surface area contributed by atoms with E-state index in [4.69, 9.17) is 4.74 Å². The molecule has 0 saturated carbocycles. The van der Waals surface area contributed by atoms with Crippen molar-refractivity contribution in [3.8, 4) is 0 Å². The van der Waals surface area contributed by atoms with Crippen LogP contribution in [-0.4, -0.2) is 18.9 Å². The van der Waals surface area contributed by atoms with Gasteiger partial charge in [-0.2, -0.15) is 0 Å². The Balaban J connectivity index is 1.39. The molecule has 4 rings (SSSR count). The highest BCUT2D eigenvalue weighted by atomic mass is 16.5. The fourth-order valence-corrected chi connectivity index (χ4v) is 3.35.